The van der Waals surface area contributed by atoms with Crippen molar-refractivity contribution in [2.24, 2.45) is 17.8 Å². The van der Waals surface area contributed by atoms with Gasteiger partial charge in [-0.15, -0.1) is 0 Å². The summed E-state index contributed by atoms with van der Waals surface area (Å²) in [7, 11) is 0. The van der Waals surface area contributed by atoms with E-state index in [1.54, 1.807) is 0 Å². The second-order valence-electron chi connectivity index (χ2n) is 11.5. The zero-order valence-corrected chi connectivity index (χ0v) is 21.8. The number of benzene rings is 2. The van der Waals surface area contributed by atoms with E-state index in [9.17, 15) is 0 Å². The Morgan fingerprint density at radius 2 is 1.63 bits per heavy atom. The number of fused-ring (bicyclic) bond motifs is 6. The molecule has 5 aliphatic rings. The molecule has 8 rings (SSSR count). The van der Waals surface area contributed by atoms with Gasteiger partial charge in [-0.2, -0.15) is 0 Å². The van der Waals surface area contributed by atoms with Crippen LogP contribution in [0.4, 0.5) is 5.69 Å². The van der Waals surface area contributed by atoms with Crippen LogP contribution in [0.25, 0.3) is 22.7 Å². The Morgan fingerprint density at radius 1 is 0.737 bits per heavy atom. The Hall–Kier alpha value is -3.78. The summed E-state index contributed by atoms with van der Waals surface area (Å²) in [4.78, 5) is 2.74. The van der Waals surface area contributed by atoms with Crippen LogP contribution < -0.4 is 4.90 Å². The first-order chi connectivity index (χ1) is 18.9. The third-order valence-corrected chi connectivity index (χ3v) is 9.47. The highest BCUT2D eigenvalue weighted by atomic mass is 15.2. The van der Waals surface area contributed by atoms with E-state index in [4.69, 9.17) is 0 Å². The highest BCUT2D eigenvalue weighted by Crippen LogP contribution is 2.47. The Kier molecular flexibility index (Phi) is 5.21. The summed E-state index contributed by atoms with van der Waals surface area (Å²) in [6, 6.07) is 21.1. The van der Waals surface area contributed by atoms with Gasteiger partial charge in [0.2, 0.25) is 0 Å². The number of hydrogen-bond acceptors (Lipinski definition) is 1. The number of aromatic nitrogens is 1. The Labute approximate surface area is 225 Å². The third-order valence-electron chi connectivity index (χ3n) is 9.47. The zero-order chi connectivity index (χ0) is 25.1. The molecular formula is C36H34N2. The van der Waals surface area contributed by atoms with Gasteiger partial charge in [0.05, 0.1) is 11.6 Å². The Morgan fingerprint density at radius 3 is 2.53 bits per heavy atom. The van der Waals surface area contributed by atoms with Gasteiger partial charge in [0, 0.05) is 46.3 Å². The summed E-state index contributed by atoms with van der Waals surface area (Å²) in [5.41, 5.74) is 8.35. The summed E-state index contributed by atoms with van der Waals surface area (Å²) in [6.45, 7) is 0. The standard InChI is InChI=1S/C36H34N2/c1-3-11-27(12-4-1)37-34-18-10-8-16-30(34)32-23-25(20-22-35(32)37)26-19-21-31-29-15-7-9-17-33(29)38(36(31)24-26)28-13-5-2-6-14-28/h2-3,5-8,10-16,18-22,24-25,29,31,33,36H,1,4,9,17,23H2. The normalized spacial score (nSPS) is 29.2. The molecule has 1 saturated heterocycles. The van der Waals surface area contributed by atoms with Crippen molar-refractivity contribution in [3.63, 3.8) is 0 Å². The van der Waals surface area contributed by atoms with Crippen LogP contribution in [0.5, 0.6) is 0 Å². The van der Waals surface area contributed by atoms with E-state index in [0.29, 0.717) is 29.8 Å². The van der Waals surface area contributed by atoms with Crippen LogP contribution >= 0.6 is 0 Å². The van der Waals surface area contributed by atoms with Crippen molar-refractivity contribution in [3.8, 4) is 0 Å². The van der Waals surface area contributed by atoms with Crippen LogP contribution in [0.15, 0.2) is 115 Å². The molecule has 0 amide bonds. The summed E-state index contributed by atoms with van der Waals surface area (Å²) < 4.78 is 2.49. The van der Waals surface area contributed by atoms with E-state index in [-0.39, 0.29) is 0 Å². The van der Waals surface area contributed by atoms with Crippen LogP contribution in [-0.4, -0.2) is 16.7 Å². The molecule has 5 unspecified atom stereocenters. The van der Waals surface area contributed by atoms with E-state index in [0.717, 1.165) is 19.3 Å². The SMILES string of the molecule is C1=CC(n2c3c(c4ccccc42)CC(C2=CC4C(C=C2)C2C=CCCC2N4c2ccccc2)C=C3)=CCC1. The average molecular weight is 495 g/mol. The average Bonchev–Trinajstić information content (AvgIpc) is 3.50. The van der Waals surface area contributed by atoms with Crippen molar-refractivity contribution in [1.82, 2.24) is 4.57 Å². The molecule has 1 aliphatic heterocycles. The van der Waals surface area contributed by atoms with E-state index >= 15 is 0 Å². The molecule has 3 aromatic rings. The minimum atomic E-state index is 0.408. The molecule has 2 heterocycles. The van der Waals surface area contributed by atoms with E-state index in [1.807, 2.05) is 0 Å². The molecule has 4 aliphatic carbocycles. The molecule has 0 N–H and O–H groups in total. The number of allylic oxidation sites excluding steroid dienone is 8. The number of anilines is 1. The van der Waals surface area contributed by atoms with Gasteiger partial charge in [-0.3, -0.25) is 0 Å². The summed E-state index contributed by atoms with van der Waals surface area (Å²) >= 11 is 0. The summed E-state index contributed by atoms with van der Waals surface area (Å²) in [5.74, 6) is 1.56. The Bertz CT molecular complexity index is 1570. The quantitative estimate of drug-likeness (QED) is 0.332. The van der Waals surface area contributed by atoms with Gasteiger partial charge in [-0.1, -0.05) is 85.0 Å². The maximum absolute atomic E-state index is 2.74. The van der Waals surface area contributed by atoms with Gasteiger partial charge in [0.25, 0.3) is 0 Å². The second-order valence-corrected chi connectivity index (χ2v) is 11.5. The number of hydrogen-bond donors (Lipinski definition) is 0. The molecule has 2 nitrogen and oxygen atoms in total. The first kappa shape index (κ1) is 22.2. The first-order valence-electron chi connectivity index (χ1n) is 14.4. The monoisotopic (exact) mass is 494 g/mol. The fraction of sp³-hybridized carbons (Fsp3) is 0.278. The highest BCUT2D eigenvalue weighted by Gasteiger charge is 2.47. The van der Waals surface area contributed by atoms with Crippen molar-refractivity contribution in [2.45, 2.75) is 44.2 Å². The fourth-order valence-corrected chi connectivity index (χ4v) is 7.79. The largest absolute Gasteiger partial charge is 0.361 e. The maximum atomic E-state index is 2.74. The molecule has 1 aromatic heterocycles. The predicted octanol–water partition coefficient (Wildman–Crippen LogP) is 8.35. The first-order valence-corrected chi connectivity index (χ1v) is 14.4. The number of nitrogens with zero attached hydrogens (tertiary/aromatic N) is 2. The lowest BCUT2D eigenvalue weighted by atomic mass is 9.77. The lowest BCUT2D eigenvalue weighted by Gasteiger charge is -2.34. The lowest BCUT2D eigenvalue weighted by molar-refractivity contribution is 0.456. The van der Waals surface area contributed by atoms with Gasteiger partial charge in [-0.25, -0.2) is 0 Å². The van der Waals surface area contributed by atoms with Crippen LogP contribution in [-0.2, 0) is 6.42 Å². The minimum absolute atomic E-state index is 0.408. The molecule has 38 heavy (non-hydrogen) atoms. The van der Waals surface area contributed by atoms with Gasteiger partial charge >= 0.3 is 0 Å². The van der Waals surface area contributed by atoms with Crippen molar-refractivity contribution >= 4 is 28.4 Å². The fourth-order valence-electron chi connectivity index (χ4n) is 7.79. The van der Waals surface area contributed by atoms with Crippen molar-refractivity contribution in [3.05, 3.63) is 126 Å². The minimum Gasteiger partial charge on any atom is -0.361 e. The topological polar surface area (TPSA) is 8.17 Å². The summed E-state index contributed by atoms with van der Waals surface area (Å²) in [6.07, 6.45) is 30.2. The van der Waals surface area contributed by atoms with Gasteiger partial charge in [0.15, 0.2) is 0 Å². The molecule has 5 atom stereocenters. The molecule has 0 radical (unpaired) electrons. The second kappa shape index (κ2) is 8.91. The van der Waals surface area contributed by atoms with Crippen LogP contribution in [0.3, 0.4) is 0 Å². The van der Waals surface area contributed by atoms with E-state index in [1.165, 1.54) is 52.0 Å². The van der Waals surface area contributed by atoms with Crippen LogP contribution in [0.1, 0.15) is 36.9 Å². The van der Waals surface area contributed by atoms with Crippen molar-refractivity contribution < 1.29 is 0 Å². The Balaban J connectivity index is 1.18. The van der Waals surface area contributed by atoms with Crippen molar-refractivity contribution in [2.75, 3.05) is 4.90 Å². The molecule has 2 heteroatoms. The number of rotatable bonds is 3. The van der Waals surface area contributed by atoms with Gasteiger partial charge in [-0.05, 0) is 73.6 Å². The highest BCUT2D eigenvalue weighted by molar-refractivity contribution is 5.93. The molecule has 188 valence electrons. The third kappa shape index (κ3) is 3.39. The zero-order valence-electron chi connectivity index (χ0n) is 21.8. The van der Waals surface area contributed by atoms with Gasteiger partial charge < -0.3 is 9.47 Å². The van der Waals surface area contributed by atoms with Crippen LogP contribution in [0.2, 0.25) is 0 Å². The summed E-state index contributed by atoms with van der Waals surface area (Å²) in [5, 5.41) is 1.40. The number of para-hydroxylation sites is 2. The molecule has 0 bridgehead atoms. The molecular weight excluding hydrogens is 460 g/mol. The predicted molar refractivity (Wildman–Crippen MR) is 160 cm³/mol. The van der Waals surface area contributed by atoms with E-state index < -0.39 is 0 Å². The van der Waals surface area contributed by atoms with Crippen molar-refractivity contribution in [1.29, 1.82) is 0 Å². The van der Waals surface area contributed by atoms with Gasteiger partial charge in [0.1, 0.15) is 0 Å². The smallest absolute Gasteiger partial charge is 0.0551 e. The van der Waals surface area contributed by atoms with Crippen LogP contribution in [0, 0.1) is 17.8 Å². The molecule has 2 aromatic carbocycles. The van der Waals surface area contributed by atoms with E-state index in [2.05, 4.69) is 125 Å². The lowest BCUT2D eigenvalue weighted by Crippen LogP contribution is -2.38. The molecule has 0 spiro atoms. The maximum Gasteiger partial charge on any atom is 0.0551 e. The molecule has 0 saturated carbocycles. The molecule has 1 fully saturated rings.